The molecule has 0 fully saturated rings. The molecule has 1 aromatic rings. The minimum Gasteiger partial charge on any atom is -0.494 e. The van der Waals surface area contributed by atoms with Gasteiger partial charge in [-0.2, -0.15) is 0 Å². The average Bonchev–Trinajstić information content (AvgIpc) is 2.31. The zero-order valence-corrected chi connectivity index (χ0v) is 11.3. The van der Waals surface area contributed by atoms with Gasteiger partial charge in [0.15, 0.2) is 0 Å². The van der Waals surface area contributed by atoms with E-state index in [1.165, 1.54) is 11.1 Å². The van der Waals surface area contributed by atoms with Crippen LogP contribution in [-0.2, 0) is 12.8 Å². The van der Waals surface area contributed by atoms with Crippen LogP contribution in [0.5, 0.6) is 5.75 Å². The summed E-state index contributed by atoms with van der Waals surface area (Å²) in [6, 6.07) is 6.46. The third-order valence-corrected chi connectivity index (χ3v) is 3.10. The summed E-state index contributed by atoms with van der Waals surface area (Å²) in [5, 5.41) is 0. The molecule has 2 heteroatoms. The minimum absolute atomic E-state index is 0.656. The number of hydrogen-bond donors (Lipinski definition) is 1. The molecule has 0 spiro atoms. The summed E-state index contributed by atoms with van der Waals surface area (Å²) in [6.07, 6.45) is 3.27. The highest BCUT2D eigenvalue weighted by molar-refractivity contribution is 5.36. The summed E-state index contributed by atoms with van der Waals surface area (Å²) in [7, 11) is 0. The van der Waals surface area contributed by atoms with Gasteiger partial charge in [-0.25, -0.2) is 0 Å². The van der Waals surface area contributed by atoms with Crippen LogP contribution in [0, 0.1) is 5.92 Å². The molecule has 96 valence electrons. The molecule has 0 saturated carbocycles. The highest BCUT2D eigenvalue weighted by atomic mass is 16.5. The second kappa shape index (κ2) is 7.33. The fourth-order valence-corrected chi connectivity index (χ4v) is 2.15. The third-order valence-electron chi connectivity index (χ3n) is 3.10. The number of ether oxygens (including phenoxy) is 1. The molecule has 1 atom stereocenters. The van der Waals surface area contributed by atoms with Gasteiger partial charge >= 0.3 is 0 Å². The molecule has 0 heterocycles. The number of aryl methyl sites for hydroxylation is 1. The van der Waals surface area contributed by atoms with E-state index in [9.17, 15) is 0 Å². The van der Waals surface area contributed by atoms with Crippen LogP contribution in [0.3, 0.4) is 0 Å². The van der Waals surface area contributed by atoms with Crippen LogP contribution >= 0.6 is 0 Å². The van der Waals surface area contributed by atoms with Gasteiger partial charge in [0, 0.05) is 0 Å². The molecule has 0 amide bonds. The van der Waals surface area contributed by atoms with Crippen molar-refractivity contribution < 1.29 is 4.74 Å². The Bertz CT molecular complexity index is 336. The topological polar surface area (TPSA) is 35.2 Å². The summed E-state index contributed by atoms with van der Waals surface area (Å²) in [5.74, 6) is 1.64. The van der Waals surface area contributed by atoms with Gasteiger partial charge in [-0.15, -0.1) is 0 Å². The largest absolute Gasteiger partial charge is 0.494 e. The predicted octanol–water partition coefficient (Wildman–Crippen LogP) is 3.18. The van der Waals surface area contributed by atoms with E-state index < -0.39 is 0 Å². The SMILES string of the molecule is CCOc1ccc(CC(C)CCN)c(CC)c1. The van der Waals surface area contributed by atoms with Gasteiger partial charge in [-0.3, -0.25) is 0 Å². The van der Waals surface area contributed by atoms with Gasteiger partial charge in [0.05, 0.1) is 6.61 Å². The van der Waals surface area contributed by atoms with E-state index >= 15 is 0 Å². The van der Waals surface area contributed by atoms with Crippen molar-refractivity contribution >= 4 is 0 Å². The summed E-state index contributed by atoms with van der Waals surface area (Å²) >= 11 is 0. The lowest BCUT2D eigenvalue weighted by molar-refractivity contribution is 0.339. The van der Waals surface area contributed by atoms with E-state index in [-0.39, 0.29) is 0 Å². The van der Waals surface area contributed by atoms with Crippen molar-refractivity contribution in [2.75, 3.05) is 13.2 Å². The molecule has 17 heavy (non-hydrogen) atoms. The number of rotatable bonds is 7. The predicted molar refractivity (Wildman–Crippen MR) is 73.5 cm³/mol. The monoisotopic (exact) mass is 235 g/mol. The normalized spacial score (nSPS) is 12.5. The Kier molecular flexibility index (Phi) is 6.06. The highest BCUT2D eigenvalue weighted by Gasteiger charge is 2.07. The Morgan fingerprint density at radius 2 is 2.00 bits per heavy atom. The van der Waals surface area contributed by atoms with Crippen LogP contribution in [0.15, 0.2) is 18.2 Å². The van der Waals surface area contributed by atoms with Crippen LogP contribution in [-0.4, -0.2) is 13.2 Å². The molecule has 1 aromatic carbocycles. The molecule has 0 aliphatic carbocycles. The molecule has 2 nitrogen and oxygen atoms in total. The van der Waals surface area contributed by atoms with Gasteiger partial charge in [-0.1, -0.05) is 19.9 Å². The molecule has 0 radical (unpaired) electrons. The first-order chi connectivity index (χ1) is 8.21. The van der Waals surface area contributed by atoms with Crippen LogP contribution in [0.2, 0.25) is 0 Å². The molecule has 1 rings (SSSR count). The van der Waals surface area contributed by atoms with Crippen molar-refractivity contribution in [3.05, 3.63) is 29.3 Å². The van der Waals surface area contributed by atoms with E-state index in [0.29, 0.717) is 5.92 Å². The Morgan fingerprint density at radius 3 is 2.59 bits per heavy atom. The first-order valence-corrected chi connectivity index (χ1v) is 6.65. The molecule has 0 aliphatic rings. The molecular formula is C15H25NO. The first kappa shape index (κ1) is 14.0. The maximum absolute atomic E-state index is 5.60. The third kappa shape index (κ3) is 4.39. The van der Waals surface area contributed by atoms with Crippen molar-refractivity contribution in [1.29, 1.82) is 0 Å². The maximum atomic E-state index is 5.60. The smallest absolute Gasteiger partial charge is 0.119 e. The number of hydrogen-bond acceptors (Lipinski definition) is 2. The quantitative estimate of drug-likeness (QED) is 0.788. The zero-order valence-electron chi connectivity index (χ0n) is 11.3. The summed E-state index contributed by atoms with van der Waals surface area (Å²) in [5.41, 5.74) is 8.44. The number of benzene rings is 1. The molecular weight excluding hydrogens is 210 g/mol. The Labute approximate surface area is 105 Å². The highest BCUT2D eigenvalue weighted by Crippen LogP contribution is 2.22. The zero-order chi connectivity index (χ0) is 12.7. The Balaban J connectivity index is 2.77. The summed E-state index contributed by atoms with van der Waals surface area (Å²) in [4.78, 5) is 0. The lowest BCUT2D eigenvalue weighted by Gasteiger charge is -2.14. The van der Waals surface area contributed by atoms with Crippen molar-refractivity contribution in [1.82, 2.24) is 0 Å². The van der Waals surface area contributed by atoms with Gasteiger partial charge in [0.2, 0.25) is 0 Å². The lowest BCUT2D eigenvalue weighted by atomic mass is 9.93. The van der Waals surface area contributed by atoms with Crippen LogP contribution in [0.25, 0.3) is 0 Å². The molecule has 0 aliphatic heterocycles. The van der Waals surface area contributed by atoms with Crippen LogP contribution in [0.4, 0.5) is 0 Å². The molecule has 0 bridgehead atoms. The maximum Gasteiger partial charge on any atom is 0.119 e. The summed E-state index contributed by atoms with van der Waals surface area (Å²) in [6.45, 7) is 7.99. The average molecular weight is 235 g/mol. The van der Waals surface area contributed by atoms with Gasteiger partial charge in [-0.05, 0) is 61.9 Å². The lowest BCUT2D eigenvalue weighted by Crippen LogP contribution is -2.09. The fraction of sp³-hybridized carbons (Fsp3) is 0.600. The second-order valence-corrected chi connectivity index (χ2v) is 4.60. The van der Waals surface area contributed by atoms with E-state index in [4.69, 9.17) is 10.5 Å². The van der Waals surface area contributed by atoms with Crippen LogP contribution in [0.1, 0.15) is 38.3 Å². The Hall–Kier alpha value is -1.02. The van der Waals surface area contributed by atoms with Crippen molar-refractivity contribution in [2.24, 2.45) is 11.7 Å². The Morgan fingerprint density at radius 1 is 1.24 bits per heavy atom. The number of nitrogens with two attached hydrogens (primary N) is 1. The van der Waals surface area contributed by atoms with E-state index in [0.717, 1.165) is 38.2 Å². The first-order valence-electron chi connectivity index (χ1n) is 6.65. The minimum atomic E-state index is 0.656. The summed E-state index contributed by atoms with van der Waals surface area (Å²) < 4.78 is 5.54. The molecule has 0 saturated heterocycles. The standard InChI is InChI=1S/C15H25NO/c1-4-13-11-15(17-5-2)7-6-14(13)10-12(3)8-9-16/h6-7,11-12H,4-5,8-10,16H2,1-3H3. The van der Waals surface area contributed by atoms with Crippen LogP contribution < -0.4 is 10.5 Å². The van der Waals surface area contributed by atoms with Crippen molar-refractivity contribution in [3.63, 3.8) is 0 Å². The van der Waals surface area contributed by atoms with Crippen molar-refractivity contribution in [3.8, 4) is 5.75 Å². The molecule has 1 unspecified atom stereocenters. The fourth-order valence-electron chi connectivity index (χ4n) is 2.15. The van der Waals surface area contributed by atoms with Gasteiger partial charge < -0.3 is 10.5 Å². The van der Waals surface area contributed by atoms with Gasteiger partial charge in [0.1, 0.15) is 5.75 Å². The van der Waals surface area contributed by atoms with E-state index in [1.807, 2.05) is 6.92 Å². The van der Waals surface area contributed by atoms with Gasteiger partial charge in [0.25, 0.3) is 0 Å². The van der Waals surface area contributed by atoms with Crippen molar-refractivity contribution in [2.45, 2.75) is 40.0 Å². The van der Waals surface area contributed by atoms with E-state index in [2.05, 4.69) is 32.0 Å². The molecule has 0 aromatic heterocycles. The molecule has 2 N–H and O–H groups in total. The second-order valence-electron chi connectivity index (χ2n) is 4.60. The van der Waals surface area contributed by atoms with E-state index in [1.54, 1.807) is 0 Å².